The van der Waals surface area contributed by atoms with E-state index in [-0.39, 0.29) is 12.4 Å². The van der Waals surface area contributed by atoms with Gasteiger partial charge in [0.25, 0.3) is 0 Å². The number of aromatic amines is 1. The van der Waals surface area contributed by atoms with Gasteiger partial charge >= 0.3 is 5.97 Å². The number of nitrogens with one attached hydrogen (secondary N) is 1. The smallest absolute Gasteiger partial charge is 0.338 e. The number of rotatable bonds is 4. The summed E-state index contributed by atoms with van der Waals surface area (Å²) in [6.07, 6.45) is 1.65. The Kier molecular flexibility index (Phi) is 3.30. The fourth-order valence-electron chi connectivity index (χ4n) is 1.78. The number of benzene rings is 1. The molecule has 0 fully saturated rings. The lowest BCUT2D eigenvalue weighted by molar-refractivity contribution is 0.0474. The highest BCUT2D eigenvalue weighted by molar-refractivity contribution is 7.16. The lowest BCUT2D eigenvalue weighted by Gasteiger charge is -2.03. The molecule has 1 aromatic carbocycles. The highest BCUT2D eigenvalue weighted by Crippen LogP contribution is 2.19. The minimum atomic E-state index is -0.514. The number of aromatic nitrogens is 2. The summed E-state index contributed by atoms with van der Waals surface area (Å²) < 4.78 is 5.93. The van der Waals surface area contributed by atoms with Crippen molar-refractivity contribution in [3.63, 3.8) is 0 Å². The van der Waals surface area contributed by atoms with Crippen molar-refractivity contribution in [2.24, 2.45) is 0 Å². The van der Waals surface area contributed by atoms with E-state index in [0.29, 0.717) is 11.3 Å². The maximum atomic E-state index is 11.9. The van der Waals surface area contributed by atoms with Gasteiger partial charge in [0.2, 0.25) is 5.78 Å². The van der Waals surface area contributed by atoms with Crippen LogP contribution in [0.15, 0.2) is 42.0 Å². The number of Topliss-reactive ketones (excluding diaryl/α,β-unsaturated/α-hetero) is 1. The number of esters is 1. The summed E-state index contributed by atoms with van der Waals surface area (Å²) in [6, 6.07) is 8.47. The standard InChI is InChI=1S/C14H10N2O3S/c17-12(10-2-1-5-15-10)7-19-14(18)9-3-4-11-13(6-9)20-8-16-11/h1-6,8,15H,7H2. The molecule has 0 amide bonds. The summed E-state index contributed by atoms with van der Waals surface area (Å²) in [5, 5.41) is 0. The van der Waals surface area contributed by atoms with Gasteiger partial charge in [-0.15, -0.1) is 11.3 Å². The Morgan fingerprint density at radius 2 is 2.20 bits per heavy atom. The summed E-state index contributed by atoms with van der Waals surface area (Å²) in [4.78, 5) is 30.5. The number of hydrogen-bond acceptors (Lipinski definition) is 5. The summed E-state index contributed by atoms with van der Waals surface area (Å²) in [6.45, 7) is -0.278. The highest BCUT2D eigenvalue weighted by Gasteiger charge is 2.13. The van der Waals surface area contributed by atoms with Crippen LogP contribution in [-0.2, 0) is 4.74 Å². The van der Waals surface area contributed by atoms with Crippen molar-refractivity contribution in [3.8, 4) is 0 Å². The van der Waals surface area contributed by atoms with Crippen LogP contribution in [0.4, 0.5) is 0 Å². The third kappa shape index (κ3) is 2.46. The zero-order valence-electron chi connectivity index (χ0n) is 10.3. The Hall–Kier alpha value is -2.47. The minimum absolute atomic E-state index is 0.262. The van der Waals surface area contributed by atoms with E-state index in [9.17, 15) is 9.59 Å². The molecule has 20 heavy (non-hydrogen) atoms. The maximum absolute atomic E-state index is 11.9. The molecule has 5 nitrogen and oxygen atoms in total. The second kappa shape index (κ2) is 5.26. The van der Waals surface area contributed by atoms with Crippen molar-refractivity contribution in [2.45, 2.75) is 0 Å². The van der Waals surface area contributed by atoms with Gasteiger partial charge in [-0.05, 0) is 30.3 Å². The average molecular weight is 286 g/mol. The molecule has 0 aliphatic rings. The van der Waals surface area contributed by atoms with Crippen LogP contribution >= 0.6 is 11.3 Å². The molecule has 0 unspecified atom stereocenters. The number of ether oxygens (including phenoxy) is 1. The molecule has 6 heteroatoms. The van der Waals surface area contributed by atoms with Gasteiger partial charge in [0.1, 0.15) is 0 Å². The lowest BCUT2D eigenvalue weighted by Crippen LogP contribution is -2.14. The van der Waals surface area contributed by atoms with Gasteiger partial charge in [-0.25, -0.2) is 9.78 Å². The molecule has 2 heterocycles. The first kappa shape index (κ1) is 12.6. The Morgan fingerprint density at radius 1 is 1.30 bits per heavy atom. The van der Waals surface area contributed by atoms with Crippen molar-refractivity contribution in [3.05, 3.63) is 53.3 Å². The average Bonchev–Trinajstić information content (AvgIpc) is 3.13. The van der Waals surface area contributed by atoms with Gasteiger partial charge in [-0.3, -0.25) is 4.79 Å². The zero-order chi connectivity index (χ0) is 13.9. The van der Waals surface area contributed by atoms with E-state index in [1.165, 1.54) is 11.3 Å². The third-order valence-electron chi connectivity index (χ3n) is 2.80. The Bertz CT molecular complexity index is 762. The number of fused-ring (bicyclic) bond motifs is 1. The maximum Gasteiger partial charge on any atom is 0.338 e. The van der Waals surface area contributed by atoms with E-state index in [1.807, 2.05) is 0 Å². The number of H-pyrrole nitrogens is 1. The molecule has 0 aliphatic carbocycles. The van der Waals surface area contributed by atoms with Crippen molar-refractivity contribution in [2.75, 3.05) is 6.61 Å². The predicted octanol–water partition coefficient (Wildman–Crippen LogP) is 2.66. The topological polar surface area (TPSA) is 72.1 Å². The van der Waals surface area contributed by atoms with E-state index in [4.69, 9.17) is 4.74 Å². The van der Waals surface area contributed by atoms with Gasteiger partial charge in [0.15, 0.2) is 6.61 Å². The number of ketones is 1. The van der Waals surface area contributed by atoms with Crippen LogP contribution in [0.25, 0.3) is 10.2 Å². The number of thiazole rings is 1. The molecular formula is C14H10N2O3S. The third-order valence-corrected chi connectivity index (χ3v) is 3.59. The van der Waals surface area contributed by atoms with Gasteiger partial charge < -0.3 is 9.72 Å². The first-order valence-electron chi connectivity index (χ1n) is 5.91. The Labute approximate surface area is 118 Å². The highest BCUT2D eigenvalue weighted by atomic mass is 32.1. The molecular weight excluding hydrogens is 276 g/mol. The van der Waals surface area contributed by atoms with Crippen LogP contribution in [0.3, 0.4) is 0 Å². The van der Waals surface area contributed by atoms with Crippen LogP contribution in [0.2, 0.25) is 0 Å². The van der Waals surface area contributed by atoms with Crippen LogP contribution < -0.4 is 0 Å². The first-order chi connectivity index (χ1) is 9.74. The SMILES string of the molecule is O=C(OCC(=O)c1ccc[nH]1)c1ccc2ncsc2c1. The molecule has 0 aliphatic heterocycles. The van der Waals surface area contributed by atoms with Crippen molar-refractivity contribution in [1.29, 1.82) is 0 Å². The fraction of sp³-hybridized carbons (Fsp3) is 0.0714. The molecule has 0 saturated carbocycles. The van der Waals surface area contributed by atoms with Crippen LogP contribution in [0.5, 0.6) is 0 Å². The predicted molar refractivity (Wildman–Crippen MR) is 75.0 cm³/mol. The summed E-state index contributed by atoms with van der Waals surface area (Å²) in [7, 11) is 0. The van der Waals surface area contributed by atoms with E-state index >= 15 is 0 Å². The second-order valence-electron chi connectivity index (χ2n) is 4.12. The Balaban J connectivity index is 1.68. The van der Waals surface area contributed by atoms with Crippen molar-refractivity contribution in [1.82, 2.24) is 9.97 Å². The molecule has 3 rings (SSSR count). The normalized spacial score (nSPS) is 10.6. The largest absolute Gasteiger partial charge is 0.454 e. The lowest BCUT2D eigenvalue weighted by atomic mass is 10.2. The summed E-state index contributed by atoms with van der Waals surface area (Å²) >= 11 is 1.45. The van der Waals surface area contributed by atoms with E-state index in [0.717, 1.165) is 10.2 Å². The van der Waals surface area contributed by atoms with Gasteiger partial charge in [0.05, 0.1) is 27.0 Å². The molecule has 0 radical (unpaired) electrons. The molecule has 0 bridgehead atoms. The fourth-order valence-corrected chi connectivity index (χ4v) is 2.49. The molecule has 3 aromatic rings. The quantitative estimate of drug-likeness (QED) is 0.591. The second-order valence-corrected chi connectivity index (χ2v) is 5.00. The molecule has 0 saturated heterocycles. The minimum Gasteiger partial charge on any atom is -0.454 e. The number of carbonyl (C=O) groups is 2. The number of hydrogen-bond donors (Lipinski definition) is 1. The summed E-state index contributed by atoms with van der Waals surface area (Å²) in [5.41, 5.74) is 3.40. The molecule has 2 aromatic heterocycles. The first-order valence-corrected chi connectivity index (χ1v) is 6.79. The Morgan fingerprint density at radius 3 is 3.00 bits per heavy atom. The van der Waals surface area contributed by atoms with Gasteiger partial charge in [-0.1, -0.05) is 0 Å². The zero-order valence-corrected chi connectivity index (χ0v) is 11.1. The van der Waals surface area contributed by atoms with Crippen molar-refractivity contribution < 1.29 is 14.3 Å². The van der Waals surface area contributed by atoms with Gasteiger partial charge in [0, 0.05) is 6.20 Å². The van der Waals surface area contributed by atoms with Gasteiger partial charge in [-0.2, -0.15) is 0 Å². The molecule has 100 valence electrons. The van der Waals surface area contributed by atoms with E-state index < -0.39 is 5.97 Å². The molecule has 0 atom stereocenters. The van der Waals surface area contributed by atoms with E-state index in [2.05, 4.69) is 9.97 Å². The number of nitrogens with zero attached hydrogens (tertiary/aromatic N) is 1. The van der Waals surface area contributed by atoms with Crippen molar-refractivity contribution >= 4 is 33.3 Å². The molecule has 1 N–H and O–H groups in total. The molecule has 0 spiro atoms. The van der Waals surface area contributed by atoms with Crippen LogP contribution in [-0.4, -0.2) is 28.3 Å². The monoisotopic (exact) mass is 286 g/mol. The van der Waals surface area contributed by atoms with Crippen LogP contribution in [0, 0.1) is 0 Å². The summed E-state index contributed by atoms with van der Waals surface area (Å²) in [5.74, 6) is -0.776. The number of carbonyl (C=O) groups excluding carboxylic acids is 2. The van der Waals surface area contributed by atoms with Crippen LogP contribution in [0.1, 0.15) is 20.8 Å². The van der Waals surface area contributed by atoms with E-state index in [1.54, 1.807) is 42.0 Å².